The van der Waals surface area contributed by atoms with Crippen LogP contribution in [0.1, 0.15) is 0 Å². The standard InChI is InChI=1S/C7H7BrClN3/c1-5(9)3-10-7-2-6(8)11-4-12-7/h2,4H,1,3H2,(H,10,11,12). The summed E-state index contributed by atoms with van der Waals surface area (Å²) in [6, 6.07) is 1.76. The number of hydrogen-bond donors (Lipinski definition) is 1. The Bertz CT molecular complexity index is 290. The highest BCUT2D eigenvalue weighted by Gasteiger charge is 1.94. The Labute approximate surface area is 84.0 Å². The van der Waals surface area contributed by atoms with Crippen LogP contribution in [0.25, 0.3) is 0 Å². The summed E-state index contributed by atoms with van der Waals surface area (Å²) < 4.78 is 0.736. The van der Waals surface area contributed by atoms with Crippen LogP contribution in [0.15, 0.2) is 28.6 Å². The molecule has 0 saturated heterocycles. The molecule has 0 aliphatic heterocycles. The Morgan fingerprint density at radius 1 is 1.67 bits per heavy atom. The molecule has 0 unspecified atom stereocenters. The average Bonchev–Trinajstić information content (AvgIpc) is 2.01. The van der Waals surface area contributed by atoms with Gasteiger partial charge in [-0.25, -0.2) is 9.97 Å². The number of halogens is 2. The molecule has 64 valence electrons. The predicted octanol–water partition coefficient (Wildman–Crippen LogP) is 2.40. The van der Waals surface area contributed by atoms with Crippen LogP contribution in [0, 0.1) is 0 Å². The second-order valence-corrected chi connectivity index (χ2v) is 3.44. The third-order valence-electron chi connectivity index (χ3n) is 1.10. The third-order valence-corrected chi connectivity index (χ3v) is 1.66. The summed E-state index contributed by atoms with van der Waals surface area (Å²) in [6.45, 7) is 4.05. The summed E-state index contributed by atoms with van der Waals surface area (Å²) in [6.07, 6.45) is 1.46. The van der Waals surface area contributed by atoms with Gasteiger partial charge in [0.25, 0.3) is 0 Å². The lowest BCUT2D eigenvalue weighted by atomic mass is 10.5. The minimum absolute atomic E-state index is 0.505. The Hall–Kier alpha value is -0.610. The van der Waals surface area contributed by atoms with Crippen molar-refractivity contribution in [3.8, 4) is 0 Å². The van der Waals surface area contributed by atoms with Crippen molar-refractivity contribution in [3.05, 3.63) is 28.6 Å². The van der Waals surface area contributed by atoms with Crippen molar-refractivity contribution in [1.29, 1.82) is 0 Å². The van der Waals surface area contributed by atoms with Crippen molar-refractivity contribution >= 4 is 33.3 Å². The summed E-state index contributed by atoms with van der Waals surface area (Å²) in [4.78, 5) is 7.84. The first-order chi connectivity index (χ1) is 5.68. The molecule has 1 N–H and O–H groups in total. The van der Waals surface area contributed by atoms with E-state index in [1.165, 1.54) is 6.33 Å². The molecule has 1 aromatic heterocycles. The van der Waals surface area contributed by atoms with Crippen LogP contribution in [0.5, 0.6) is 0 Å². The van der Waals surface area contributed by atoms with Gasteiger partial charge < -0.3 is 5.32 Å². The molecule has 12 heavy (non-hydrogen) atoms. The largest absolute Gasteiger partial charge is 0.365 e. The van der Waals surface area contributed by atoms with Crippen LogP contribution in [0.4, 0.5) is 5.82 Å². The van der Waals surface area contributed by atoms with Gasteiger partial charge in [0.05, 0.1) is 6.54 Å². The van der Waals surface area contributed by atoms with Crippen molar-refractivity contribution in [2.45, 2.75) is 0 Å². The van der Waals surface area contributed by atoms with Gasteiger partial charge in [-0.05, 0) is 15.9 Å². The van der Waals surface area contributed by atoms with E-state index >= 15 is 0 Å². The summed E-state index contributed by atoms with van der Waals surface area (Å²) in [5, 5.41) is 3.52. The second kappa shape index (κ2) is 4.42. The first-order valence-corrected chi connectivity index (χ1v) is 4.40. The van der Waals surface area contributed by atoms with Crippen LogP contribution in [0.2, 0.25) is 0 Å². The first-order valence-electron chi connectivity index (χ1n) is 3.23. The summed E-state index contributed by atoms with van der Waals surface area (Å²) in [5.74, 6) is 0.721. The molecule has 1 rings (SSSR count). The summed E-state index contributed by atoms with van der Waals surface area (Å²) >= 11 is 8.78. The smallest absolute Gasteiger partial charge is 0.130 e. The normalized spacial score (nSPS) is 9.50. The summed E-state index contributed by atoms with van der Waals surface area (Å²) in [5.41, 5.74) is 0. The molecule has 0 aliphatic rings. The number of rotatable bonds is 3. The minimum atomic E-state index is 0.505. The molecular weight excluding hydrogens is 241 g/mol. The van der Waals surface area contributed by atoms with Gasteiger partial charge in [0.1, 0.15) is 16.7 Å². The van der Waals surface area contributed by atoms with E-state index in [1.807, 2.05) is 0 Å². The highest BCUT2D eigenvalue weighted by atomic mass is 79.9. The van der Waals surface area contributed by atoms with E-state index in [2.05, 4.69) is 37.8 Å². The number of nitrogens with zero attached hydrogens (tertiary/aromatic N) is 2. The lowest BCUT2D eigenvalue weighted by molar-refractivity contribution is 1.11. The van der Waals surface area contributed by atoms with Gasteiger partial charge in [-0.1, -0.05) is 18.2 Å². The van der Waals surface area contributed by atoms with Gasteiger partial charge in [0, 0.05) is 11.1 Å². The van der Waals surface area contributed by atoms with Crippen LogP contribution in [-0.2, 0) is 0 Å². The molecule has 1 heterocycles. The van der Waals surface area contributed by atoms with E-state index in [9.17, 15) is 0 Å². The number of aromatic nitrogens is 2. The highest BCUT2D eigenvalue weighted by Crippen LogP contribution is 2.09. The van der Waals surface area contributed by atoms with Crippen LogP contribution >= 0.6 is 27.5 Å². The highest BCUT2D eigenvalue weighted by molar-refractivity contribution is 9.10. The lowest BCUT2D eigenvalue weighted by Crippen LogP contribution is -2.02. The Kier molecular flexibility index (Phi) is 3.49. The van der Waals surface area contributed by atoms with Gasteiger partial charge in [-0.2, -0.15) is 0 Å². The van der Waals surface area contributed by atoms with E-state index in [0.29, 0.717) is 11.6 Å². The maximum absolute atomic E-state index is 5.56. The van der Waals surface area contributed by atoms with E-state index in [-0.39, 0.29) is 0 Å². The van der Waals surface area contributed by atoms with Gasteiger partial charge in [0.2, 0.25) is 0 Å². The molecule has 0 aromatic carbocycles. The predicted molar refractivity (Wildman–Crippen MR) is 53.2 cm³/mol. The van der Waals surface area contributed by atoms with Gasteiger partial charge in [-0.3, -0.25) is 0 Å². The topological polar surface area (TPSA) is 37.8 Å². The van der Waals surface area contributed by atoms with Crippen molar-refractivity contribution in [1.82, 2.24) is 9.97 Å². The van der Waals surface area contributed by atoms with Gasteiger partial charge in [-0.15, -0.1) is 0 Å². The zero-order valence-corrected chi connectivity index (χ0v) is 8.56. The molecule has 0 fully saturated rings. The monoisotopic (exact) mass is 247 g/mol. The number of anilines is 1. The molecule has 5 heteroatoms. The van der Waals surface area contributed by atoms with Crippen LogP contribution < -0.4 is 5.32 Å². The Morgan fingerprint density at radius 3 is 3.00 bits per heavy atom. The zero-order chi connectivity index (χ0) is 8.97. The summed E-state index contributed by atoms with van der Waals surface area (Å²) in [7, 11) is 0. The molecule has 0 aliphatic carbocycles. The van der Waals surface area contributed by atoms with Gasteiger partial charge >= 0.3 is 0 Å². The quantitative estimate of drug-likeness (QED) is 0.835. The van der Waals surface area contributed by atoms with E-state index in [1.54, 1.807) is 6.07 Å². The first kappa shape index (κ1) is 9.48. The van der Waals surface area contributed by atoms with E-state index in [0.717, 1.165) is 10.4 Å². The number of nitrogens with one attached hydrogen (secondary N) is 1. The molecule has 0 atom stereocenters. The SMILES string of the molecule is C=C(Cl)CNc1cc(Br)ncn1. The van der Waals surface area contributed by atoms with Crippen molar-refractivity contribution < 1.29 is 0 Å². The van der Waals surface area contributed by atoms with Crippen LogP contribution in [0.3, 0.4) is 0 Å². The molecule has 0 radical (unpaired) electrons. The molecule has 0 bridgehead atoms. The fraction of sp³-hybridized carbons (Fsp3) is 0.143. The maximum atomic E-state index is 5.56. The zero-order valence-electron chi connectivity index (χ0n) is 6.22. The maximum Gasteiger partial charge on any atom is 0.130 e. The Balaban J connectivity index is 2.57. The van der Waals surface area contributed by atoms with Gasteiger partial charge in [0.15, 0.2) is 0 Å². The Morgan fingerprint density at radius 2 is 2.42 bits per heavy atom. The van der Waals surface area contributed by atoms with E-state index < -0.39 is 0 Å². The van der Waals surface area contributed by atoms with Crippen molar-refractivity contribution in [2.24, 2.45) is 0 Å². The van der Waals surface area contributed by atoms with Crippen molar-refractivity contribution in [2.75, 3.05) is 11.9 Å². The fourth-order valence-electron chi connectivity index (χ4n) is 0.617. The molecule has 0 saturated carbocycles. The fourth-order valence-corrected chi connectivity index (χ4v) is 0.992. The lowest BCUT2D eigenvalue weighted by Gasteiger charge is -2.02. The molecule has 0 amide bonds. The molecular formula is C7H7BrClN3. The number of hydrogen-bond acceptors (Lipinski definition) is 3. The minimum Gasteiger partial charge on any atom is -0.365 e. The second-order valence-electron chi connectivity index (χ2n) is 2.10. The van der Waals surface area contributed by atoms with Crippen molar-refractivity contribution in [3.63, 3.8) is 0 Å². The van der Waals surface area contributed by atoms with E-state index in [4.69, 9.17) is 11.6 Å². The molecule has 3 nitrogen and oxygen atoms in total. The van der Waals surface area contributed by atoms with Crippen LogP contribution in [-0.4, -0.2) is 16.5 Å². The molecule has 0 spiro atoms. The molecule has 1 aromatic rings. The third kappa shape index (κ3) is 3.19. The average molecular weight is 249 g/mol.